The van der Waals surface area contributed by atoms with E-state index in [2.05, 4.69) is 6.92 Å². The average molecular weight is 101 g/mol. The van der Waals surface area contributed by atoms with Crippen molar-refractivity contribution in [2.75, 3.05) is 6.61 Å². The summed E-state index contributed by atoms with van der Waals surface area (Å²) in [5.41, 5.74) is 0. The van der Waals surface area contributed by atoms with E-state index in [4.69, 9.17) is 5.11 Å². The lowest BCUT2D eigenvalue weighted by molar-refractivity contribution is -0.135. The van der Waals surface area contributed by atoms with Crippen molar-refractivity contribution in [3.63, 3.8) is 0 Å². The maximum Gasteiger partial charge on any atom is 0.373 e. The second kappa shape index (κ2) is 2.36. The van der Waals surface area contributed by atoms with E-state index in [1.54, 1.807) is 0 Å². The van der Waals surface area contributed by atoms with Gasteiger partial charge in [-0.3, -0.25) is 0 Å². The summed E-state index contributed by atoms with van der Waals surface area (Å²) in [7, 11) is 0. The molecule has 3 heteroatoms. The molecule has 38 valence electrons. The smallest absolute Gasteiger partial charge is 0.369 e. The average Bonchev–Trinajstić information content (AvgIpc) is 1.65. The molecule has 0 rings (SSSR count). The number of carbonyl (C=O) groups is 2. The molecule has 0 unspecified atom stereocenters. The third-order valence-electron chi connectivity index (χ3n) is 0.455. The summed E-state index contributed by atoms with van der Waals surface area (Å²) in [4.78, 5) is 19.6. The zero-order valence-corrected chi connectivity index (χ0v) is 3.68. The summed E-state index contributed by atoms with van der Waals surface area (Å²) in [6.45, 7) is 2.03. The summed E-state index contributed by atoms with van der Waals surface area (Å²) in [6, 6.07) is 0. The summed E-state index contributed by atoms with van der Waals surface area (Å²) < 4.78 is 0. The van der Waals surface area contributed by atoms with E-state index in [0.29, 0.717) is 0 Å². The van der Waals surface area contributed by atoms with Gasteiger partial charge in [0.1, 0.15) is 0 Å². The van der Waals surface area contributed by atoms with Gasteiger partial charge in [0.25, 0.3) is 0 Å². The van der Waals surface area contributed by atoms with Crippen LogP contribution in [0, 0.1) is 6.92 Å². The van der Waals surface area contributed by atoms with Gasteiger partial charge in [-0.2, -0.15) is 4.79 Å². The Morgan fingerprint density at radius 3 is 2.00 bits per heavy atom. The van der Waals surface area contributed by atoms with Gasteiger partial charge in [-0.05, 0) is 0 Å². The van der Waals surface area contributed by atoms with Crippen LogP contribution >= 0.6 is 0 Å². The lowest BCUT2D eigenvalue weighted by atomic mass is 10.3. The predicted octanol–water partition coefficient (Wildman–Crippen LogP) is -1.05. The molecule has 3 nitrogen and oxygen atoms in total. The van der Waals surface area contributed by atoms with Crippen LogP contribution in [0.25, 0.3) is 0 Å². The number of hydrogen-bond acceptors (Lipinski definition) is 3. The highest BCUT2D eigenvalue weighted by atomic mass is 16.3. The van der Waals surface area contributed by atoms with E-state index in [1.807, 2.05) is 0 Å². The number of aliphatic hydroxyl groups excluding tert-OH is 1. The van der Waals surface area contributed by atoms with Crippen LogP contribution in [0.15, 0.2) is 0 Å². The molecule has 0 amide bonds. The molecule has 0 aliphatic heterocycles. The van der Waals surface area contributed by atoms with Crippen molar-refractivity contribution in [3.05, 3.63) is 6.92 Å². The van der Waals surface area contributed by atoms with Crippen LogP contribution in [0.4, 0.5) is 0 Å². The van der Waals surface area contributed by atoms with Crippen molar-refractivity contribution in [1.29, 1.82) is 0 Å². The summed E-state index contributed by atoms with van der Waals surface area (Å²) in [5.74, 6) is -1.69. The standard InChI is InChI=1S/C4H5O3/c1-3(6)4(7)2-5/h5H,1-2H2/q+1. The van der Waals surface area contributed by atoms with Crippen LogP contribution in [0.3, 0.4) is 0 Å². The SMILES string of the molecule is [CH2+]C(=O)C(=O)CO. The molecule has 0 aliphatic rings. The van der Waals surface area contributed by atoms with Gasteiger partial charge in [0, 0.05) is 0 Å². The Balaban J connectivity index is 3.58. The van der Waals surface area contributed by atoms with Gasteiger partial charge >= 0.3 is 11.6 Å². The van der Waals surface area contributed by atoms with Crippen molar-refractivity contribution < 1.29 is 14.7 Å². The van der Waals surface area contributed by atoms with E-state index < -0.39 is 18.2 Å². The zero-order valence-electron chi connectivity index (χ0n) is 3.68. The van der Waals surface area contributed by atoms with Crippen molar-refractivity contribution in [2.24, 2.45) is 0 Å². The fourth-order valence-electron chi connectivity index (χ4n) is 0.0882. The molecule has 0 aromatic rings. The summed E-state index contributed by atoms with van der Waals surface area (Å²) >= 11 is 0. The third-order valence-corrected chi connectivity index (χ3v) is 0.455. The van der Waals surface area contributed by atoms with Gasteiger partial charge in [-0.25, -0.2) is 4.79 Å². The molecule has 1 N–H and O–H groups in total. The minimum Gasteiger partial charge on any atom is -0.369 e. The molecule has 0 heterocycles. The molecule has 7 heavy (non-hydrogen) atoms. The van der Waals surface area contributed by atoms with Gasteiger partial charge in [-0.15, -0.1) is 0 Å². The Labute approximate surface area is 41.0 Å². The van der Waals surface area contributed by atoms with Crippen molar-refractivity contribution in [2.45, 2.75) is 0 Å². The lowest BCUT2D eigenvalue weighted by Gasteiger charge is -1.70. The van der Waals surface area contributed by atoms with Crippen molar-refractivity contribution >= 4 is 11.6 Å². The van der Waals surface area contributed by atoms with Gasteiger partial charge in [-0.1, -0.05) is 0 Å². The summed E-state index contributed by atoms with van der Waals surface area (Å²) in [6.07, 6.45) is 0. The number of rotatable bonds is 2. The molecule has 0 aromatic heterocycles. The Morgan fingerprint density at radius 1 is 1.57 bits per heavy atom. The first-order valence-corrected chi connectivity index (χ1v) is 1.68. The fraction of sp³-hybridized carbons (Fsp3) is 0.250. The van der Waals surface area contributed by atoms with Crippen LogP contribution in [0.2, 0.25) is 0 Å². The third kappa shape index (κ3) is 1.94. The minimum atomic E-state index is -0.847. The summed E-state index contributed by atoms with van der Waals surface area (Å²) in [5, 5.41) is 7.89. The fourth-order valence-corrected chi connectivity index (χ4v) is 0.0882. The second-order valence-electron chi connectivity index (χ2n) is 1.00. The quantitative estimate of drug-likeness (QED) is 0.356. The molecule has 0 aliphatic carbocycles. The van der Waals surface area contributed by atoms with Gasteiger partial charge in [0.05, 0.1) is 6.92 Å². The van der Waals surface area contributed by atoms with E-state index in [9.17, 15) is 9.59 Å². The predicted molar refractivity (Wildman–Crippen MR) is 22.5 cm³/mol. The Hall–Kier alpha value is -0.830. The Morgan fingerprint density at radius 2 is 2.00 bits per heavy atom. The molecule has 0 radical (unpaired) electrons. The topological polar surface area (TPSA) is 54.4 Å². The maximum atomic E-state index is 9.85. The highest BCUT2D eigenvalue weighted by molar-refractivity contribution is 6.39. The molecule has 0 saturated heterocycles. The largest absolute Gasteiger partial charge is 0.373 e. The Bertz CT molecular complexity index is 95.1. The normalized spacial score (nSPS) is 8.14. The highest BCUT2D eigenvalue weighted by Gasteiger charge is 2.15. The number of Topliss-reactive ketones (excluding diaryl/α,β-unsaturated/α-hetero) is 2. The van der Waals surface area contributed by atoms with Crippen LogP contribution < -0.4 is 0 Å². The van der Waals surface area contributed by atoms with Crippen LogP contribution in [0.1, 0.15) is 0 Å². The van der Waals surface area contributed by atoms with E-state index in [1.165, 1.54) is 0 Å². The first kappa shape index (κ1) is 6.17. The van der Waals surface area contributed by atoms with Crippen LogP contribution in [0.5, 0.6) is 0 Å². The van der Waals surface area contributed by atoms with Crippen LogP contribution in [-0.2, 0) is 9.59 Å². The second-order valence-corrected chi connectivity index (χ2v) is 1.00. The number of carbonyl (C=O) groups excluding carboxylic acids is 2. The van der Waals surface area contributed by atoms with Gasteiger partial charge in [0.15, 0.2) is 6.61 Å². The lowest BCUT2D eigenvalue weighted by Crippen LogP contribution is -2.13. The monoisotopic (exact) mass is 101 g/mol. The first-order valence-electron chi connectivity index (χ1n) is 1.68. The molecule has 0 spiro atoms. The maximum absolute atomic E-state index is 9.85. The number of ketones is 2. The van der Waals surface area contributed by atoms with Crippen molar-refractivity contribution in [1.82, 2.24) is 0 Å². The Kier molecular flexibility index (Phi) is 2.08. The van der Waals surface area contributed by atoms with Gasteiger partial charge in [0.2, 0.25) is 0 Å². The van der Waals surface area contributed by atoms with E-state index in [-0.39, 0.29) is 0 Å². The molecular formula is C4H5O3+. The highest BCUT2D eigenvalue weighted by Crippen LogP contribution is 1.68. The molecule has 0 fully saturated rings. The van der Waals surface area contributed by atoms with E-state index in [0.717, 1.165) is 0 Å². The van der Waals surface area contributed by atoms with E-state index >= 15 is 0 Å². The molecular weight excluding hydrogens is 96.0 g/mol. The number of aliphatic hydroxyl groups is 1. The van der Waals surface area contributed by atoms with Gasteiger partial charge < -0.3 is 5.11 Å². The first-order chi connectivity index (χ1) is 3.18. The molecule has 0 aromatic carbocycles. The number of hydrogen-bond donors (Lipinski definition) is 1. The zero-order chi connectivity index (χ0) is 5.86. The molecule has 0 bridgehead atoms. The molecule has 0 saturated carbocycles. The van der Waals surface area contributed by atoms with Crippen LogP contribution in [-0.4, -0.2) is 23.3 Å². The minimum absolute atomic E-state index is 0.734. The van der Waals surface area contributed by atoms with Crippen molar-refractivity contribution in [3.8, 4) is 0 Å². The molecule has 0 atom stereocenters.